The zero-order valence-corrected chi connectivity index (χ0v) is 22.6. The monoisotopic (exact) mass is 509 g/mol. The molecule has 1 saturated carbocycles. The van der Waals surface area contributed by atoms with E-state index in [-0.39, 0.29) is 17.6 Å². The van der Waals surface area contributed by atoms with Gasteiger partial charge in [0.15, 0.2) is 0 Å². The van der Waals surface area contributed by atoms with Crippen LogP contribution in [-0.4, -0.2) is 21.5 Å². The van der Waals surface area contributed by atoms with Gasteiger partial charge in [-0.15, -0.1) is 11.3 Å². The second-order valence-corrected chi connectivity index (χ2v) is 12.0. The van der Waals surface area contributed by atoms with E-state index < -0.39 is 0 Å². The summed E-state index contributed by atoms with van der Waals surface area (Å²) in [6, 6.07) is 11.3. The average molecular weight is 510 g/mol. The summed E-state index contributed by atoms with van der Waals surface area (Å²) < 4.78 is 3.52. The van der Waals surface area contributed by atoms with Crippen molar-refractivity contribution in [1.29, 1.82) is 0 Å². The molecule has 1 aliphatic rings. The lowest BCUT2D eigenvalue weighted by Gasteiger charge is -2.21. The predicted octanol–water partition coefficient (Wildman–Crippen LogP) is 7.53. The maximum absolute atomic E-state index is 12.7. The third kappa shape index (κ3) is 7.29. The Balaban J connectivity index is 1.51. The number of urea groups is 1. The molecule has 0 radical (unpaired) electrons. The molecular weight excluding hydrogens is 474 g/mol. The quantitative estimate of drug-likeness (QED) is 0.287. The fourth-order valence-corrected chi connectivity index (χ4v) is 6.20. The zero-order valence-electron chi connectivity index (χ0n) is 20.9. The highest BCUT2D eigenvalue weighted by molar-refractivity contribution is 7.97. The summed E-state index contributed by atoms with van der Waals surface area (Å²) in [6.45, 7) is 8.35. The van der Waals surface area contributed by atoms with E-state index in [0.717, 1.165) is 21.8 Å². The van der Waals surface area contributed by atoms with Gasteiger partial charge in [-0.05, 0) is 76.7 Å². The van der Waals surface area contributed by atoms with Crippen molar-refractivity contribution >= 4 is 35.0 Å². The van der Waals surface area contributed by atoms with Gasteiger partial charge in [-0.25, -0.2) is 9.78 Å². The van der Waals surface area contributed by atoms with Gasteiger partial charge >= 0.3 is 6.03 Å². The first-order chi connectivity index (χ1) is 16.8. The molecule has 3 N–H and O–H groups in total. The lowest BCUT2D eigenvalue weighted by molar-refractivity contribution is 0.249. The number of rotatable bonds is 7. The minimum absolute atomic E-state index is 0.0538. The Hall–Kier alpha value is -2.42. The van der Waals surface area contributed by atoms with Crippen LogP contribution in [0.5, 0.6) is 0 Å². The first-order valence-electron chi connectivity index (χ1n) is 12.3. The molecule has 1 fully saturated rings. The summed E-state index contributed by atoms with van der Waals surface area (Å²) in [4.78, 5) is 24.0. The van der Waals surface area contributed by atoms with Crippen molar-refractivity contribution < 1.29 is 4.79 Å². The van der Waals surface area contributed by atoms with E-state index in [4.69, 9.17) is 4.98 Å². The van der Waals surface area contributed by atoms with E-state index in [9.17, 15) is 4.79 Å². The molecule has 1 atom stereocenters. The van der Waals surface area contributed by atoms with Crippen LogP contribution < -0.4 is 15.4 Å². The minimum atomic E-state index is -0.256. The Kier molecular flexibility index (Phi) is 8.46. The van der Waals surface area contributed by atoms with Gasteiger partial charge in [-0.3, -0.25) is 9.71 Å². The maximum Gasteiger partial charge on any atom is 0.319 e. The third-order valence-electron chi connectivity index (χ3n) is 5.93. The van der Waals surface area contributed by atoms with Gasteiger partial charge in [-0.2, -0.15) is 0 Å². The lowest BCUT2D eigenvalue weighted by Crippen LogP contribution is -2.31. The molecule has 6 nitrogen and oxygen atoms in total. The number of hydrogen-bond donors (Lipinski definition) is 3. The van der Waals surface area contributed by atoms with Crippen LogP contribution in [-0.2, 0) is 0 Å². The summed E-state index contributed by atoms with van der Waals surface area (Å²) in [5, 5.41) is 7.20. The smallest absolute Gasteiger partial charge is 0.319 e. The zero-order chi connectivity index (χ0) is 24.8. The van der Waals surface area contributed by atoms with Crippen LogP contribution in [0.4, 0.5) is 10.5 Å². The molecule has 0 spiro atoms. The molecule has 1 aliphatic carbocycles. The van der Waals surface area contributed by atoms with Crippen molar-refractivity contribution in [3.8, 4) is 10.4 Å². The number of anilines is 1. The summed E-state index contributed by atoms with van der Waals surface area (Å²) in [6.07, 6.45) is 10.2. The van der Waals surface area contributed by atoms with Gasteiger partial charge in [0.05, 0.1) is 21.6 Å². The predicted molar refractivity (Wildman–Crippen MR) is 147 cm³/mol. The number of amides is 2. The second kappa shape index (κ2) is 11.5. The minimum Gasteiger partial charge on any atom is -0.330 e. The highest BCUT2D eigenvalue weighted by Crippen LogP contribution is 2.40. The molecule has 0 saturated heterocycles. The van der Waals surface area contributed by atoms with Crippen LogP contribution in [0.15, 0.2) is 53.7 Å². The number of nitrogens with one attached hydrogen (secondary N) is 3. The number of pyridine rings is 1. The molecule has 1 aromatic carbocycles. The van der Waals surface area contributed by atoms with Crippen molar-refractivity contribution in [2.24, 2.45) is 0 Å². The van der Waals surface area contributed by atoms with Crippen LogP contribution in [0.3, 0.4) is 0 Å². The van der Waals surface area contributed by atoms with Crippen LogP contribution in [0.25, 0.3) is 10.4 Å². The van der Waals surface area contributed by atoms with Gasteiger partial charge in [0, 0.05) is 40.0 Å². The van der Waals surface area contributed by atoms with Crippen molar-refractivity contribution in [3.05, 3.63) is 59.5 Å². The number of benzene rings is 1. The van der Waals surface area contributed by atoms with Crippen LogP contribution in [0.1, 0.15) is 82.5 Å². The largest absolute Gasteiger partial charge is 0.330 e. The second-order valence-electron chi connectivity index (χ2n) is 10.1. The molecule has 2 aromatic heterocycles. The van der Waals surface area contributed by atoms with E-state index in [1.807, 2.05) is 43.5 Å². The Bertz CT molecular complexity index is 1120. The van der Waals surface area contributed by atoms with Crippen molar-refractivity contribution in [2.75, 3.05) is 5.32 Å². The van der Waals surface area contributed by atoms with E-state index in [1.54, 1.807) is 29.5 Å². The Morgan fingerprint density at radius 1 is 1.11 bits per heavy atom. The average Bonchev–Trinajstić information content (AvgIpc) is 3.33. The standard InChI is InChI=1S/C27H35N5OS2/c1-18(22-12-8-9-15-28-22)30-26(33)31-20-13-14-21(23(16-20)35-32-27(2,3)4)24-17-29-25(34-24)19-10-6-5-7-11-19/h8-9,12-19,32H,5-7,10-11H2,1-4H3,(H2,30,31,33). The van der Waals surface area contributed by atoms with Gasteiger partial charge in [0.2, 0.25) is 0 Å². The number of carbonyl (C=O) groups excluding carboxylic acids is 1. The fourth-order valence-electron chi connectivity index (χ4n) is 4.12. The topological polar surface area (TPSA) is 78.9 Å². The van der Waals surface area contributed by atoms with Gasteiger partial charge in [0.25, 0.3) is 0 Å². The van der Waals surface area contributed by atoms with Gasteiger partial charge in [0.1, 0.15) is 0 Å². The Morgan fingerprint density at radius 2 is 1.91 bits per heavy atom. The molecule has 8 heteroatoms. The van der Waals surface area contributed by atoms with Crippen LogP contribution in [0.2, 0.25) is 0 Å². The fraction of sp³-hybridized carbons (Fsp3) is 0.444. The van der Waals surface area contributed by atoms with Crippen LogP contribution in [0, 0.1) is 0 Å². The summed E-state index contributed by atoms with van der Waals surface area (Å²) in [5.41, 5.74) is 2.65. The van der Waals surface area contributed by atoms with Gasteiger partial charge < -0.3 is 10.6 Å². The summed E-state index contributed by atoms with van der Waals surface area (Å²) >= 11 is 3.40. The number of thiazole rings is 1. The molecule has 0 bridgehead atoms. The van der Waals surface area contributed by atoms with Crippen molar-refractivity contribution in [1.82, 2.24) is 20.0 Å². The highest BCUT2D eigenvalue weighted by atomic mass is 32.2. The maximum atomic E-state index is 12.7. The molecule has 2 heterocycles. The molecule has 4 rings (SSSR count). The Morgan fingerprint density at radius 3 is 2.63 bits per heavy atom. The first kappa shape index (κ1) is 25.7. The van der Waals surface area contributed by atoms with Crippen molar-refractivity contribution in [2.45, 2.75) is 82.2 Å². The number of hydrogen-bond acceptors (Lipinski definition) is 6. The summed E-state index contributed by atoms with van der Waals surface area (Å²) in [7, 11) is 0. The van der Waals surface area contributed by atoms with E-state index in [1.165, 1.54) is 42.0 Å². The first-order valence-corrected chi connectivity index (χ1v) is 13.9. The van der Waals surface area contributed by atoms with Crippen LogP contribution >= 0.6 is 23.3 Å². The molecule has 3 aromatic rings. The molecule has 35 heavy (non-hydrogen) atoms. The van der Waals surface area contributed by atoms with Crippen molar-refractivity contribution in [3.63, 3.8) is 0 Å². The third-order valence-corrected chi connectivity index (χ3v) is 8.39. The number of nitrogens with zero attached hydrogens (tertiary/aromatic N) is 2. The number of aromatic nitrogens is 2. The lowest BCUT2D eigenvalue weighted by atomic mass is 9.90. The summed E-state index contributed by atoms with van der Waals surface area (Å²) in [5.74, 6) is 0.594. The molecule has 0 aliphatic heterocycles. The molecule has 186 valence electrons. The van der Waals surface area contributed by atoms with E-state index in [0.29, 0.717) is 5.92 Å². The van der Waals surface area contributed by atoms with E-state index >= 15 is 0 Å². The molecule has 2 amide bonds. The molecule has 1 unspecified atom stereocenters. The van der Waals surface area contributed by atoms with E-state index in [2.05, 4.69) is 47.2 Å². The molecular formula is C27H35N5OS2. The van der Waals surface area contributed by atoms with Gasteiger partial charge in [-0.1, -0.05) is 31.4 Å². The normalized spacial score (nSPS) is 15.5. The Labute approximate surface area is 216 Å². The SMILES string of the molecule is CC(NC(=O)Nc1ccc(-c2cnc(C3CCCCC3)s2)c(SNC(C)(C)C)c1)c1ccccn1. The number of carbonyl (C=O) groups is 1. The highest BCUT2D eigenvalue weighted by Gasteiger charge is 2.21.